The van der Waals surface area contributed by atoms with Gasteiger partial charge in [0.15, 0.2) is 0 Å². The Bertz CT molecular complexity index is 1110. The molecule has 28 heavy (non-hydrogen) atoms. The van der Waals surface area contributed by atoms with E-state index < -0.39 is 0 Å². The van der Waals surface area contributed by atoms with Gasteiger partial charge in [-0.2, -0.15) is 10.2 Å². The molecule has 0 spiro atoms. The second-order valence-electron chi connectivity index (χ2n) is 6.28. The minimum absolute atomic E-state index is 0.225. The lowest BCUT2D eigenvalue weighted by atomic mass is 10.1. The fourth-order valence-corrected chi connectivity index (χ4v) is 3.59. The molecule has 2 aromatic carbocycles. The molecule has 138 valence electrons. The maximum absolute atomic E-state index is 12.5. The average molecular weight is 386 g/mol. The van der Waals surface area contributed by atoms with E-state index in [1.807, 2.05) is 79.2 Å². The fourth-order valence-electron chi connectivity index (χ4n) is 2.79. The van der Waals surface area contributed by atoms with Crippen molar-refractivity contribution < 1.29 is 4.79 Å². The normalized spacial score (nSPS) is 11.0. The van der Waals surface area contributed by atoms with Crippen LogP contribution in [0, 0.1) is 6.92 Å². The maximum Gasteiger partial charge on any atom is 0.282 e. The van der Waals surface area contributed by atoms with Gasteiger partial charge in [0.1, 0.15) is 4.88 Å². The highest BCUT2D eigenvalue weighted by Gasteiger charge is 2.14. The maximum atomic E-state index is 12.5. The zero-order valence-electron chi connectivity index (χ0n) is 15.2. The lowest BCUT2D eigenvalue weighted by Crippen LogP contribution is -2.17. The third-order valence-corrected chi connectivity index (χ3v) is 5.15. The standard InChI is InChI=1S/C22H18N4OS/c1-16-7-9-18(10-8-16)20-11-12-28-21(20)22(27)25-23-13-17-14-24-26(15-17)19-5-3-2-4-6-19/h2-15H,1H3,(H,25,27)/b23-13-. The third kappa shape index (κ3) is 3.92. The molecule has 0 saturated heterocycles. The summed E-state index contributed by atoms with van der Waals surface area (Å²) < 4.78 is 1.76. The molecule has 5 nitrogen and oxygen atoms in total. The van der Waals surface area contributed by atoms with Crippen molar-refractivity contribution in [2.75, 3.05) is 0 Å². The van der Waals surface area contributed by atoms with Crippen LogP contribution in [0.25, 0.3) is 16.8 Å². The van der Waals surface area contributed by atoms with Gasteiger partial charge < -0.3 is 0 Å². The van der Waals surface area contributed by atoms with Crippen molar-refractivity contribution in [3.05, 3.63) is 94.4 Å². The highest BCUT2D eigenvalue weighted by molar-refractivity contribution is 7.12. The topological polar surface area (TPSA) is 59.3 Å². The second kappa shape index (κ2) is 8.02. The summed E-state index contributed by atoms with van der Waals surface area (Å²) in [7, 11) is 0. The number of carbonyl (C=O) groups excluding carboxylic acids is 1. The number of nitrogens with zero attached hydrogens (tertiary/aromatic N) is 3. The van der Waals surface area contributed by atoms with E-state index in [0.29, 0.717) is 4.88 Å². The lowest BCUT2D eigenvalue weighted by molar-refractivity contribution is 0.0960. The Morgan fingerprint density at radius 1 is 1.11 bits per heavy atom. The van der Waals surface area contributed by atoms with Crippen LogP contribution >= 0.6 is 11.3 Å². The predicted molar refractivity (Wildman–Crippen MR) is 113 cm³/mol. The van der Waals surface area contributed by atoms with Crippen molar-refractivity contribution in [3.8, 4) is 16.8 Å². The van der Waals surface area contributed by atoms with Crippen LogP contribution in [0.2, 0.25) is 0 Å². The van der Waals surface area contributed by atoms with E-state index in [-0.39, 0.29) is 5.91 Å². The first kappa shape index (κ1) is 17.9. The number of aryl methyl sites for hydroxylation is 1. The molecule has 0 atom stereocenters. The first-order valence-corrected chi connectivity index (χ1v) is 9.67. The van der Waals surface area contributed by atoms with Gasteiger partial charge in [-0.25, -0.2) is 10.1 Å². The minimum Gasteiger partial charge on any atom is -0.266 e. The molecule has 0 saturated carbocycles. The Morgan fingerprint density at radius 3 is 2.68 bits per heavy atom. The number of nitrogens with one attached hydrogen (secondary N) is 1. The Morgan fingerprint density at radius 2 is 1.89 bits per heavy atom. The molecule has 0 radical (unpaired) electrons. The van der Waals surface area contributed by atoms with E-state index in [1.165, 1.54) is 16.9 Å². The molecule has 0 unspecified atom stereocenters. The van der Waals surface area contributed by atoms with Gasteiger partial charge in [-0.3, -0.25) is 4.79 Å². The van der Waals surface area contributed by atoms with Crippen molar-refractivity contribution >= 4 is 23.5 Å². The quantitative estimate of drug-likeness (QED) is 0.400. The monoisotopic (exact) mass is 386 g/mol. The number of rotatable bonds is 5. The molecule has 0 aliphatic rings. The number of hydrazone groups is 1. The van der Waals surface area contributed by atoms with Crippen LogP contribution in [0.1, 0.15) is 20.8 Å². The van der Waals surface area contributed by atoms with Crippen LogP contribution in [-0.2, 0) is 0 Å². The van der Waals surface area contributed by atoms with Gasteiger partial charge >= 0.3 is 0 Å². The summed E-state index contributed by atoms with van der Waals surface area (Å²) in [6.07, 6.45) is 5.14. The lowest BCUT2D eigenvalue weighted by Gasteiger charge is -2.03. The van der Waals surface area contributed by atoms with E-state index in [2.05, 4.69) is 15.6 Å². The molecule has 0 bridgehead atoms. The summed E-state index contributed by atoms with van der Waals surface area (Å²) in [6.45, 7) is 2.04. The Hall–Kier alpha value is -3.51. The highest BCUT2D eigenvalue weighted by Crippen LogP contribution is 2.28. The van der Waals surface area contributed by atoms with E-state index >= 15 is 0 Å². The number of amides is 1. The van der Waals surface area contributed by atoms with Crippen LogP contribution in [0.4, 0.5) is 0 Å². The molecule has 0 aliphatic carbocycles. The second-order valence-corrected chi connectivity index (χ2v) is 7.20. The van der Waals surface area contributed by atoms with Crippen molar-refractivity contribution in [2.24, 2.45) is 5.10 Å². The molecular weight excluding hydrogens is 368 g/mol. The predicted octanol–water partition coefficient (Wildman–Crippen LogP) is 4.67. The van der Waals surface area contributed by atoms with E-state index in [1.54, 1.807) is 17.1 Å². The largest absolute Gasteiger partial charge is 0.282 e. The first-order valence-electron chi connectivity index (χ1n) is 8.79. The van der Waals surface area contributed by atoms with Gasteiger partial charge in [0.05, 0.1) is 18.1 Å². The Kier molecular flexibility index (Phi) is 5.12. The molecule has 0 fully saturated rings. The van der Waals surface area contributed by atoms with Gasteiger partial charge in [0.2, 0.25) is 0 Å². The van der Waals surface area contributed by atoms with Crippen molar-refractivity contribution in [1.82, 2.24) is 15.2 Å². The fraction of sp³-hybridized carbons (Fsp3) is 0.0455. The number of hydrogen-bond donors (Lipinski definition) is 1. The summed E-state index contributed by atoms with van der Waals surface area (Å²) in [5.41, 5.74) is 7.49. The average Bonchev–Trinajstić information content (AvgIpc) is 3.39. The summed E-state index contributed by atoms with van der Waals surface area (Å²) >= 11 is 1.40. The molecule has 4 rings (SSSR count). The van der Waals surface area contributed by atoms with E-state index in [4.69, 9.17) is 0 Å². The van der Waals surface area contributed by atoms with Crippen LogP contribution in [0.15, 0.2) is 83.5 Å². The molecule has 2 aromatic heterocycles. The van der Waals surface area contributed by atoms with Crippen LogP contribution in [0.3, 0.4) is 0 Å². The molecule has 4 aromatic rings. The Labute approximate surface area is 167 Å². The molecule has 6 heteroatoms. The number of para-hydroxylation sites is 1. The summed E-state index contributed by atoms with van der Waals surface area (Å²) in [6, 6.07) is 19.9. The van der Waals surface area contributed by atoms with Crippen molar-refractivity contribution in [2.45, 2.75) is 6.92 Å². The number of aromatic nitrogens is 2. The van der Waals surface area contributed by atoms with Gasteiger partial charge in [-0.15, -0.1) is 11.3 Å². The highest BCUT2D eigenvalue weighted by atomic mass is 32.1. The van der Waals surface area contributed by atoms with Gasteiger partial charge in [-0.05, 0) is 36.1 Å². The zero-order valence-corrected chi connectivity index (χ0v) is 16.1. The molecular formula is C22H18N4OS. The minimum atomic E-state index is -0.225. The van der Waals surface area contributed by atoms with Gasteiger partial charge in [0.25, 0.3) is 5.91 Å². The van der Waals surface area contributed by atoms with Crippen LogP contribution < -0.4 is 5.43 Å². The first-order chi connectivity index (χ1) is 13.7. The SMILES string of the molecule is Cc1ccc(-c2ccsc2C(=O)N/N=C\c2cnn(-c3ccccc3)c2)cc1. The Balaban J connectivity index is 1.45. The van der Waals surface area contributed by atoms with E-state index in [0.717, 1.165) is 22.4 Å². The van der Waals surface area contributed by atoms with Crippen molar-refractivity contribution in [3.63, 3.8) is 0 Å². The van der Waals surface area contributed by atoms with Crippen LogP contribution in [-0.4, -0.2) is 21.9 Å². The number of thiophene rings is 1. The molecule has 1 amide bonds. The van der Waals surface area contributed by atoms with E-state index in [9.17, 15) is 4.79 Å². The van der Waals surface area contributed by atoms with Crippen LogP contribution in [0.5, 0.6) is 0 Å². The number of hydrogen-bond acceptors (Lipinski definition) is 4. The summed E-state index contributed by atoms with van der Waals surface area (Å²) in [5, 5.41) is 10.3. The van der Waals surface area contributed by atoms with Gasteiger partial charge in [-0.1, -0.05) is 48.0 Å². The number of benzene rings is 2. The smallest absolute Gasteiger partial charge is 0.266 e. The summed E-state index contributed by atoms with van der Waals surface area (Å²) in [5.74, 6) is -0.225. The molecule has 2 heterocycles. The van der Waals surface area contributed by atoms with Crippen molar-refractivity contribution in [1.29, 1.82) is 0 Å². The third-order valence-electron chi connectivity index (χ3n) is 4.24. The summed E-state index contributed by atoms with van der Waals surface area (Å²) in [4.78, 5) is 13.2. The molecule has 1 N–H and O–H groups in total. The zero-order chi connectivity index (χ0) is 19.3. The molecule has 0 aliphatic heterocycles. The number of carbonyl (C=O) groups is 1. The van der Waals surface area contributed by atoms with Gasteiger partial charge in [0, 0.05) is 17.3 Å².